The minimum Gasteiger partial charge on any atom is -0.400 e. The van der Waals surface area contributed by atoms with Gasteiger partial charge in [-0.15, -0.1) is 0 Å². The summed E-state index contributed by atoms with van der Waals surface area (Å²) in [5, 5.41) is 14.0. The third-order valence-electron chi connectivity index (χ3n) is 0. The van der Waals surface area contributed by atoms with E-state index in [1.165, 1.54) is 0 Å². The van der Waals surface area contributed by atoms with E-state index >= 15 is 0 Å². The minimum absolute atomic E-state index is 0. The van der Waals surface area contributed by atoms with Crippen LogP contribution in [0, 0.1) is 0 Å². The molecule has 0 amide bonds. The zero-order chi connectivity index (χ0) is 4.00. The maximum Gasteiger partial charge on any atom is 0.0319 e. The van der Waals surface area contributed by atoms with E-state index in [0.717, 1.165) is 14.2 Å². The van der Waals surface area contributed by atoms with Gasteiger partial charge < -0.3 is 10.2 Å². The van der Waals surface area contributed by atoms with E-state index < -0.39 is 0 Å². The molecule has 0 aromatic carbocycles. The van der Waals surface area contributed by atoms with Crippen LogP contribution in [0.1, 0.15) is 0 Å². The summed E-state index contributed by atoms with van der Waals surface area (Å²) in [6.07, 6.45) is 0. The highest BCUT2D eigenvalue weighted by atomic mass is 31.0. The van der Waals surface area contributed by atoms with Gasteiger partial charge in [-0.1, -0.05) is 0 Å². The molecule has 2 N–H and O–H groups in total. The van der Waals surface area contributed by atoms with Gasteiger partial charge in [-0.3, -0.25) is 0 Å². The molecule has 2 nitrogen and oxygen atoms in total. The summed E-state index contributed by atoms with van der Waals surface area (Å²) in [6.45, 7) is 0. The van der Waals surface area contributed by atoms with Crippen LogP contribution in [0.3, 0.4) is 0 Å². The molecule has 5 heavy (non-hydrogen) atoms. The van der Waals surface area contributed by atoms with E-state index in [4.69, 9.17) is 10.2 Å². The smallest absolute Gasteiger partial charge is 0.0319 e. The Hall–Kier alpha value is 0.350. The fourth-order valence-electron chi connectivity index (χ4n) is 0. The molecule has 3 heteroatoms. The highest BCUT2D eigenvalue weighted by molar-refractivity contribution is 6.92. The number of hydrogen-bond donors (Lipinski definition) is 2. The van der Waals surface area contributed by atoms with Gasteiger partial charge in [-0.2, -0.15) is 9.90 Å². The van der Waals surface area contributed by atoms with Gasteiger partial charge in [0.25, 0.3) is 0 Å². The molecule has 0 spiro atoms. The summed E-state index contributed by atoms with van der Waals surface area (Å²) in [7, 11) is 2.00. The number of hydrogen-bond acceptors (Lipinski definition) is 2. The summed E-state index contributed by atoms with van der Waals surface area (Å²) in [6, 6.07) is 0. The zero-order valence-corrected chi connectivity index (χ0v) is 5.02. The second-order valence-corrected chi connectivity index (χ2v) is 0. The van der Waals surface area contributed by atoms with Crippen LogP contribution in [0.25, 0.3) is 0 Å². The van der Waals surface area contributed by atoms with Crippen LogP contribution < -0.4 is 0 Å². The fourth-order valence-corrected chi connectivity index (χ4v) is 0. The maximum atomic E-state index is 7.00. The van der Waals surface area contributed by atoms with Crippen LogP contribution in [-0.2, 0) is 0 Å². The minimum atomic E-state index is 0. The van der Waals surface area contributed by atoms with Gasteiger partial charge >= 0.3 is 0 Å². The molecule has 36 valence electrons. The lowest BCUT2D eigenvalue weighted by Crippen LogP contribution is -1.25. The van der Waals surface area contributed by atoms with Crippen molar-refractivity contribution in [2.45, 2.75) is 0 Å². The third-order valence-corrected chi connectivity index (χ3v) is 0. The lowest BCUT2D eigenvalue weighted by molar-refractivity contribution is 0.399. The summed E-state index contributed by atoms with van der Waals surface area (Å²) < 4.78 is 0. The van der Waals surface area contributed by atoms with Crippen LogP contribution in [0.4, 0.5) is 0 Å². The SMILES string of the molecule is CO.CO.P. The normalized spacial score (nSPS) is 2.40. The molecular formula is C2H11O2P. The third kappa shape index (κ3) is 196. The molecule has 0 saturated heterocycles. The highest BCUT2D eigenvalue weighted by Crippen LogP contribution is 0.861. The largest absolute Gasteiger partial charge is 0.400 e. The van der Waals surface area contributed by atoms with E-state index in [2.05, 4.69) is 0 Å². The Kier molecular flexibility index (Phi) is 1460. The average molecular weight is 98.1 g/mol. The standard InChI is InChI=1S/2CH4O.H3P/c2*1-2;/h2*2H,1H3;1H3. The average Bonchev–Trinajstić information content (AvgIpc) is 1.50. The zero-order valence-electron chi connectivity index (χ0n) is 3.60. The van der Waals surface area contributed by atoms with Crippen molar-refractivity contribution in [3.63, 3.8) is 0 Å². The number of aliphatic hydroxyl groups excluding tert-OH is 2. The molecule has 0 aliphatic carbocycles. The van der Waals surface area contributed by atoms with Gasteiger partial charge in [0.1, 0.15) is 0 Å². The van der Waals surface area contributed by atoms with Gasteiger partial charge in [0.15, 0.2) is 0 Å². The fraction of sp³-hybridized carbons (Fsp3) is 1.00. The van der Waals surface area contributed by atoms with Crippen molar-refractivity contribution >= 4 is 9.90 Å². The molecular weight excluding hydrogens is 87.0 g/mol. The predicted octanol–water partition coefficient (Wildman–Crippen LogP) is -0.725. The van der Waals surface area contributed by atoms with Gasteiger partial charge in [0, 0.05) is 14.2 Å². The molecule has 1 atom stereocenters. The van der Waals surface area contributed by atoms with Gasteiger partial charge in [0.2, 0.25) is 0 Å². The van der Waals surface area contributed by atoms with Gasteiger partial charge in [0.05, 0.1) is 0 Å². The Balaban J connectivity index is -0.0000000133. The van der Waals surface area contributed by atoms with Crippen molar-refractivity contribution in [1.82, 2.24) is 0 Å². The van der Waals surface area contributed by atoms with Crippen molar-refractivity contribution in [3.05, 3.63) is 0 Å². The molecule has 0 radical (unpaired) electrons. The van der Waals surface area contributed by atoms with Crippen LogP contribution in [0.15, 0.2) is 0 Å². The molecule has 0 bridgehead atoms. The predicted molar refractivity (Wildman–Crippen MR) is 27.4 cm³/mol. The van der Waals surface area contributed by atoms with Crippen molar-refractivity contribution in [2.24, 2.45) is 0 Å². The molecule has 0 aromatic heterocycles. The topological polar surface area (TPSA) is 40.5 Å². The molecule has 1 unspecified atom stereocenters. The lowest BCUT2D eigenvalue weighted by atomic mass is 11.8. The second kappa shape index (κ2) is 399. The van der Waals surface area contributed by atoms with Crippen molar-refractivity contribution in [3.8, 4) is 0 Å². The van der Waals surface area contributed by atoms with Crippen LogP contribution >= 0.6 is 9.90 Å². The van der Waals surface area contributed by atoms with E-state index in [-0.39, 0.29) is 9.90 Å². The molecule has 0 saturated carbocycles. The van der Waals surface area contributed by atoms with Gasteiger partial charge in [-0.25, -0.2) is 0 Å². The molecule has 0 heterocycles. The van der Waals surface area contributed by atoms with Crippen LogP contribution in [-0.4, -0.2) is 24.4 Å². The number of aliphatic hydroxyl groups is 2. The summed E-state index contributed by atoms with van der Waals surface area (Å²) >= 11 is 0. The highest BCUT2D eigenvalue weighted by Gasteiger charge is 0.841. The first-order chi connectivity index (χ1) is 2.00. The monoisotopic (exact) mass is 98.0 g/mol. The van der Waals surface area contributed by atoms with E-state index in [0.29, 0.717) is 0 Å². The van der Waals surface area contributed by atoms with Crippen molar-refractivity contribution in [2.75, 3.05) is 14.2 Å². The van der Waals surface area contributed by atoms with E-state index in [1.807, 2.05) is 0 Å². The molecule has 0 fully saturated rings. The molecule has 0 aliphatic heterocycles. The molecule has 0 aromatic rings. The Labute approximate surface area is 35.4 Å². The Bertz CT molecular complexity index is 7.61. The number of rotatable bonds is 0. The first-order valence-electron chi connectivity index (χ1n) is 0.894. The van der Waals surface area contributed by atoms with Crippen LogP contribution in [0.5, 0.6) is 0 Å². The first kappa shape index (κ1) is 18.3. The van der Waals surface area contributed by atoms with E-state index in [1.54, 1.807) is 0 Å². The lowest BCUT2D eigenvalue weighted by Gasteiger charge is -1.21. The molecule has 0 rings (SSSR count). The van der Waals surface area contributed by atoms with E-state index in [9.17, 15) is 0 Å². The van der Waals surface area contributed by atoms with Gasteiger partial charge in [-0.05, 0) is 0 Å². The Morgan fingerprint density at radius 3 is 0.800 bits per heavy atom. The van der Waals surface area contributed by atoms with Crippen molar-refractivity contribution < 1.29 is 10.2 Å². The van der Waals surface area contributed by atoms with Crippen molar-refractivity contribution in [1.29, 1.82) is 0 Å². The molecule has 0 aliphatic rings. The summed E-state index contributed by atoms with van der Waals surface area (Å²) in [5.74, 6) is 0. The maximum absolute atomic E-state index is 7.00. The Morgan fingerprint density at radius 1 is 0.800 bits per heavy atom. The first-order valence-corrected chi connectivity index (χ1v) is 0.894. The summed E-state index contributed by atoms with van der Waals surface area (Å²) in [5.41, 5.74) is 0. The van der Waals surface area contributed by atoms with Crippen LogP contribution in [0.2, 0.25) is 0 Å². The summed E-state index contributed by atoms with van der Waals surface area (Å²) in [4.78, 5) is 0. The quantitative estimate of drug-likeness (QED) is 0.392. The second-order valence-electron chi connectivity index (χ2n) is 0. The Morgan fingerprint density at radius 2 is 0.800 bits per heavy atom.